The van der Waals surface area contributed by atoms with Crippen molar-refractivity contribution in [2.75, 3.05) is 7.11 Å². The number of ether oxygens (including phenoxy) is 2. The molecular weight excluding hydrogens is 419 g/mol. The quantitative estimate of drug-likeness (QED) is 0.553. The average molecular weight is 438 g/mol. The molecule has 0 saturated carbocycles. The second kappa shape index (κ2) is 7.82. The van der Waals surface area contributed by atoms with Gasteiger partial charge in [0.25, 0.3) is 5.91 Å². The molecule has 0 spiro atoms. The van der Waals surface area contributed by atoms with Crippen molar-refractivity contribution < 1.29 is 38.1 Å². The second-order valence-corrected chi connectivity index (χ2v) is 8.42. The summed E-state index contributed by atoms with van der Waals surface area (Å²) in [5, 5.41) is 24.3. The summed E-state index contributed by atoms with van der Waals surface area (Å²) in [7, 11) is -2.13. The number of carbonyl (C=O) groups is 1. The van der Waals surface area contributed by atoms with Crippen molar-refractivity contribution in [1.82, 2.24) is 14.8 Å². The molecule has 1 aromatic carbocycles. The number of aromatic nitrogens is 3. The van der Waals surface area contributed by atoms with Crippen LogP contribution < -0.4 is 15.0 Å². The fourth-order valence-corrected chi connectivity index (χ4v) is 4.40. The molecule has 12 nitrogen and oxygen atoms in total. The topological polar surface area (TPSA) is 168 Å². The van der Waals surface area contributed by atoms with E-state index in [-0.39, 0.29) is 12.4 Å². The number of methoxy groups -OCH3 is 1. The highest BCUT2D eigenvalue weighted by Crippen LogP contribution is 2.55. The highest BCUT2D eigenvalue weighted by atomic mass is 31.2. The Kier molecular flexibility index (Phi) is 5.35. The molecule has 1 saturated heterocycles. The maximum Gasteiger partial charge on any atom is 0.403 e. The summed E-state index contributed by atoms with van der Waals surface area (Å²) in [6, 6.07) is 5.01. The zero-order valence-electron chi connectivity index (χ0n) is 15.7. The van der Waals surface area contributed by atoms with Gasteiger partial charge in [-0.1, -0.05) is 0 Å². The van der Waals surface area contributed by atoms with Crippen LogP contribution in [0.25, 0.3) is 0 Å². The maximum absolute atomic E-state index is 12.9. The highest BCUT2D eigenvalue weighted by Gasteiger charge is 2.44. The molecule has 1 amide bonds. The summed E-state index contributed by atoms with van der Waals surface area (Å²) in [6.07, 6.45) is -2.48. The number of nitrogens with zero attached hydrogens (tertiary/aromatic N) is 3. The molecule has 0 radical (unpaired) electrons. The van der Waals surface area contributed by atoms with Crippen LogP contribution in [0, 0.1) is 0 Å². The Morgan fingerprint density at radius 2 is 2.20 bits per heavy atom. The van der Waals surface area contributed by atoms with Crippen LogP contribution >= 0.6 is 7.60 Å². The van der Waals surface area contributed by atoms with Crippen LogP contribution in [0.5, 0.6) is 11.5 Å². The monoisotopic (exact) mass is 438 g/mol. The van der Waals surface area contributed by atoms with Crippen molar-refractivity contribution in [3.05, 3.63) is 47.8 Å². The van der Waals surface area contributed by atoms with Gasteiger partial charge in [-0.2, -0.15) is 0 Å². The third-order valence-electron chi connectivity index (χ3n) is 4.62. The minimum Gasteiger partial charge on any atom is -0.497 e. The number of amides is 1. The predicted octanol–water partition coefficient (Wildman–Crippen LogP) is 0.321. The molecule has 4 rings (SSSR count). The molecule has 1 unspecified atom stereocenters. The second-order valence-electron chi connectivity index (χ2n) is 6.60. The molecular formula is C17H19N4O8P. The van der Waals surface area contributed by atoms with Crippen molar-refractivity contribution in [1.29, 1.82) is 0 Å². The summed E-state index contributed by atoms with van der Waals surface area (Å²) in [6.45, 7) is 0.0440. The molecule has 5 atom stereocenters. The van der Waals surface area contributed by atoms with Gasteiger partial charge in [0.05, 0.1) is 13.7 Å². The molecule has 13 heteroatoms. The minimum atomic E-state index is -3.66. The Morgan fingerprint density at radius 1 is 1.40 bits per heavy atom. The van der Waals surface area contributed by atoms with Crippen LogP contribution in [-0.2, 0) is 20.4 Å². The van der Waals surface area contributed by atoms with E-state index in [4.69, 9.17) is 24.3 Å². The number of hydrogen-bond donors (Lipinski definition) is 3. The van der Waals surface area contributed by atoms with Gasteiger partial charge in [0.2, 0.25) is 5.82 Å². The molecule has 1 aromatic heterocycles. The van der Waals surface area contributed by atoms with Gasteiger partial charge in [0.15, 0.2) is 6.23 Å². The minimum absolute atomic E-state index is 0.0440. The van der Waals surface area contributed by atoms with E-state index in [9.17, 15) is 19.6 Å². The van der Waals surface area contributed by atoms with Crippen LogP contribution in [0.1, 0.15) is 22.4 Å². The van der Waals surface area contributed by atoms with Crippen molar-refractivity contribution in [3.63, 3.8) is 0 Å². The first-order chi connectivity index (χ1) is 14.3. The van der Waals surface area contributed by atoms with E-state index in [1.165, 1.54) is 19.0 Å². The Morgan fingerprint density at radius 3 is 2.90 bits per heavy atom. The van der Waals surface area contributed by atoms with E-state index >= 15 is 0 Å². The number of aliphatic hydroxyl groups is 2. The van der Waals surface area contributed by atoms with Gasteiger partial charge in [0, 0.05) is 11.4 Å². The molecule has 3 heterocycles. The smallest absolute Gasteiger partial charge is 0.403 e. The maximum atomic E-state index is 12.9. The zero-order chi connectivity index (χ0) is 21.5. The van der Waals surface area contributed by atoms with Crippen LogP contribution in [0.4, 0.5) is 0 Å². The third-order valence-corrected chi connectivity index (χ3v) is 6.09. The van der Waals surface area contributed by atoms with Crippen molar-refractivity contribution in [2.45, 2.75) is 31.1 Å². The lowest BCUT2D eigenvalue weighted by Crippen LogP contribution is -2.31. The molecule has 0 bridgehead atoms. The standard InChI is InChI=1S/C17H19N4O8P/c1-26-10-2-3-11-9(6-10)7-27-30(25,29-11)5-4-12-13(22)14(23)17(28-12)21-8-19-16(20-21)15(18)24/h2-6,8,12-14,17,22-23H,7H2,1H3,(H2,18,24)/b5-4+/t12-,13-,14-,17-,30?/m1/s1. The first kappa shape index (κ1) is 20.5. The average Bonchev–Trinajstić information content (AvgIpc) is 3.32. The van der Waals surface area contributed by atoms with Crippen LogP contribution in [0.3, 0.4) is 0 Å². The Bertz CT molecular complexity index is 1040. The predicted molar refractivity (Wildman–Crippen MR) is 99.6 cm³/mol. The number of fused-ring (bicyclic) bond motifs is 1. The van der Waals surface area contributed by atoms with Gasteiger partial charge in [-0.3, -0.25) is 9.32 Å². The normalized spacial score (nSPS) is 30.8. The lowest BCUT2D eigenvalue weighted by molar-refractivity contribution is -0.0346. The van der Waals surface area contributed by atoms with Gasteiger partial charge >= 0.3 is 7.60 Å². The van der Waals surface area contributed by atoms with E-state index in [1.54, 1.807) is 18.2 Å². The van der Waals surface area contributed by atoms with Gasteiger partial charge in [-0.05, 0) is 24.3 Å². The summed E-state index contributed by atoms with van der Waals surface area (Å²) in [5.74, 6) is 1.06. The van der Waals surface area contributed by atoms with Crippen molar-refractivity contribution >= 4 is 13.5 Å². The molecule has 2 aromatic rings. The van der Waals surface area contributed by atoms with Gasteiger partial charge in [-0.15, -0.1) is 5.10 Å². The van der Waals surface area contributed by atoms with E-state index in [2.05, 4.69) is 10.1 Å². The van der Waals surface area contributed by atoms with Crippen molar-refractivity contribution in [3.8, 4) is 11.5 Å². The Labute approximate surface area is 170 Å². The summed E-state index contributed by atoms with van der Waals surface area (Å²) in [4.78, 5) is 14.8. The number of aliphatic hydroxyl groups excluding tert-OH is 2. The van der Waals surface area contributed by atoms with Gasteiger partial charge in [0.1, 0.15) is 36.1 Å². The summed E-state index contributed by atoms with van der Waals surface area (Å²) >= 11 is 0. The molecule has 1 fully saturated rings. The number of primary amides is 1. The first-order valence-corrected chi connectivity index (χ1v) is 10.4. The summed E-state index contributed by atoms with van der Waals surface area (Å²) in [5.41, 5.74) is 5.78. The number of carbonyl (C=O) groups excluding carboxylic acids is 1. The largest absolute Gasteiger partial charge is 0.497 e. The number of hydrogen-bond acceptors (Lipinski definition) is 10. The lowest BCUT2D eigenvalue weighted by Gasteiger charge is -2.24. The SMILES string of the molecule is COc1ccc2c(c1)COP(=O)(/C=C/[C@H]1O[C@@H](n3cnc(C(N)=O)n3)[C@H](O)[C@@H]1O)O2. The first-order valence-electron chi connectivity index (χ1n) is 8.82. The van der Waals surface area contributed by atoms with E-state index in [0.29, 0.717) is 17.1 Å². The lowest BCUT2D eigenvalue weighted by atomic mass is 10.1. The Balaban J connectivity index is 1.48. The fourth-order valence-electron chi connectivity index (χ4n) is 3.04. The number of nitrogens with two attached hydrogens (primary N) is 1. The van der Waals surface area contributed by atoms with Gasteiger partial charge in [-0.25, -0.2) is 14.2 Å². The molecule has 30 heavy (non-hydrogen) atoms. The Hall–Kier alpha value is -2.76. The highest BCUT2D eigenvalue weighted by molar-refractivity contribution is 7.57. The molecule has 2 aliphatic rings. The van der Waals surface area contributed by atoms with Crippen LogP contribution in [-0.4, -0.2) is 56.3 Å². The number of benzene rings is 1. The number of rotatable bonds is 5. The van der Waals surface area contributed by atoms with E-state index in [0.717, 1.165) is 11.0 Å². The molecule has 2 aliphatic heterocycles. The zero-order valence-corrected chi connectivity index (χ0v) is 16.6. The van der Waals surface area contributed by atoms with Crippen LogP contribution in [0.15, 0.2) is 36.4 Å². The molecule has 0 aliphatic carbocycles. The van der Waals surface area contributed by atoms with Gasteiger partial charge < -0.3 is 29.9 Å². The molecule has 160 valence electrons. The van der Waals surface area contributed by atoms with E-state index in [1.807, 2.05) is 0 Å². The van der Waals surface area contributed by atoms with E-state index < -0.39 is 38.0 Å². The summed E-state index contributed by atoms with van der Waals surface area (Å²) < 4.78 is 35.5. The van der Waals surface area contributed by atoms with Crippen molar-refractivity contribution in [2.24, 2.45) is 5.73 Å². The molecule has 4 N–H and O–H groups in total. The fraction of sp³-hybridized carbons (Fsp3) is 0.353. The third kappa shape index (κ3) is 3.83. The van der Waals surface area contributed by atoms with Crippen LogP contribution in [0.2, 0.25) is 0 Å².